The van der Waals surface area contributed by atoms with E-state index in [0.29, 0.717) is 0 Å². The molecule has 52 heavy (non-hydrogen) atoms. The summed E-state index contributed by atoms with van der Waals surface area (Å²) in [6, 6.07) is -3.04. The number of carbonyl (C=O) groups is 3. The fraction of sp³-hybridized carbons (Fsp3) is 0.893. The van der Waals surface area contributed by atoms with Crippen molar-refractivity contribution in [1.82, 2.24) is 10.6 Å². The predicted octanol–water partition coefficient (Wildman–Crippen LogP) is -9.37. The normalized spacial score (nSPS) is 47.0. The summed E-state index contributed by atoms with van der Waals surface area (Å²) in [5, 5.41) is 130. The third kappa shape index (κ3) is 8.96. The van der Waals surface area contributed by atoms with E-state index in [9.17, 15) is 75.7 Å². The highest BCUT2D eigenvalue weighted by molar-refractivity contribution is 5.74. The van der Waals surface area contributed by atoms with Crippen molar-refractivity contribution in [3.63, 3.8) is 0 Å². The maximum absolute atomic E-state index is 12.3. The molecule has 4 fully saturated rings. The van der Waals surface area contributed by atoms with Crippen LogP contribution in [0.1, 0.15) is 13.8 Å². The predicted molar refractivity (Wildman–Crippen MR) is 158 cm³/mol. The first-order chi connectivity index (χ1) is 24.4. The molecule has 0 radical (unpaired) electrons. The van der Waals surface area contributed by atoms with E-state index in [0.717, 1.165) is 13.8 Å². The third-order valence-corrected chi connectivity index (χ3v) is 8.98. The van der Waals surface area contributed by atoms with E-state index in [1.165, 1.54) is 0 Å². The van der Waals surface area contributed by atoms with Crippen LogP contribution in [0.15, 0.2) is 0 Å². The lowest BCUT2D eigenvalue weighted by molar-refractivity contribution is -0.377. The summed E-state index contributed by atoms with van der Waals surface area (Å²) in [4.78, 5) is 35.9. The van der Waals surface area contributed by atoms with E-state index in [1.807, 2.05) is 0 Å². The number of nitrogens with one attached hydrogen (secondary N) is 2. The zero-order valence-electron chi connectivity index (χ0n) is 27.6. The van der Waals surface area contributed by atoms with Gasteiger partial charge in [0.1, 0.15) is 91.4 Å². The Morgan fingerprint density at radius 1 is 0.519 bits per heavy atom. The number of carboxylic acid groups (broad SMARTS) is 1. The number of carboxylic acids is 1. The van der Waals surface area contributed by atoms with Crippen LogP contribution in [0.25, 0.3) is 0 Å². The van der Waals surface area contributed by atoms with Gasteiger partial charge in [0.25, 0.3) is 0 Å². The van der Waals surface area contributed by atoms with Crippen molar-refractivity contribution in [2.24, 2.45) is 0 Å². The van der Waals surface area contributed by atoms with Gasteiger partial charge >= 0.3 is 5.97 Å². The summed E-state index contributed by atoms with van der Waals surface area (Å²) < 4.78 is 38.2. The quantitative estimate of drug-likeness (QED) is 0.0877. The van der Waals surface area contributed by atoms with Crippen molar-refractivity contribution >= 4 is 17.8 Å². The van der Waals surface area contributed by atoms with E-state index in [2.05, 4.69) is 10.6 Å². The van der Waals surface area contributed by atoms with Crippen molar-refractivity contribution in [3.8, 4) is 0 Å². The van der Waals surface area contributed by atoms with Crippen LogP contribution in [0.3, 0.4) is 0 Å². The number of rotatable bonds is 12. The standard InChI is InChI=1S/C28H46N2O22/c1-6(34)29-11-15(38)13(36)8(3-31)47-26(11)49-20-10(5-33)48-27(18(41)16(20)39)51-22-17(40)19(42)28(52-23(22)24(43)44)50-21-12(30-7(2)35)25(45)46-9(4-32)14(21)37/h8-23,25-28,31-33,36-42,45H,3-5H2,1-2H3,(H,29,34)(H,30,35)(H,43,44)/t8-,9-,10-,11-,12-,13+,14+,15-,16-,17-,18-,19-,20-,21-,22+,23-,25-,26-,27-,28-/m1/s1. The van der Waals surface area contributed by atoms with Gasteiger partial charge in [-0.25, -0.2) is 4.79 Å². The summed E-state index contributed by atoms with van der Waals surface area (Å²) >= 11 is 0. The Morgan fingerprint density at radius 3 is 1.52 bits per heavy atom. The molecule has 24 heteroatoms. The molecule has 0 unspecified atom stereocenters. The van der Waals surface area contributed by atoms with Crippen molar-refractivity contribution in [3.05, 3.63) is 0 Å². The summed E-state index contributed by atoms with van der Waals surface area (Å²) in [5.74, 6) is -3.26. The monoisotopic (exact) mass is 762 g/mol. The highest BCUT2D eigenvalue weighted by Crippen LogP contribution is 2.34. The number of aliphatic hydroxyl groups excluding tert-OH is 11. The van der Waals surface area contributed by atoms with Gasteiger partial charge in [0.05, 0.1) is 19.8 Å². The number of amides is 2. The lowest BCUT2D eigenvalue weighted by atomic mass is 9.94. The number of hydrogen-bond donors (Lipinski definition) is 14. The fourth-order valence-electron chi connectivity index (χ4n) is 6.32. The number of carbonyl (C=O) groups excluding carboxylic acids is 2. The van der Waals surface area contributed by atoms with Gasteiger partial charge in [-0.2, -0.15) is 0 Å². The second-order valence-corrected chi connectivity index (χ2v) is 12.7. The topological polar surface area (TPSA) is 383 Å². The molecule has 0 bridgehead atoms. The molecule has 2 amide bonds. The lowest BCUT2D eigenvalue weighted by Gasteiger charge is -2.49. The zero-order chi connectivity index (χ0) is 38.8. The minimum Gasteiger partial charge on any atom is -0.479 e. The maximum Gasteiger partial charge on any atom is 0.335 e. The fourth-order valence-corrected chi connectivity index (χ4v) is 6.32. The highest BCUT2D eigenvalue weighted by Gasteiger charge is 2.56. The second-order valence-electron chi connectivity index (χ2n) is 12.7. The number of ether oxygens (including phenoxy) is 7. The second kappa shape index (κ2) is 17.9. The molecule has 0 spiro atoms. The largest absolute Gasteiger partial charge is 0.479 e. The summed E-state index contributed by atoms with van der Waals surface area (Å²) in [6.07, 6.45) is -34.1. The van der Waals surface area contributed by atoms with Crippen LogP contribution in [0.2, 0.25) is 0 Å². The molecule has 300 valence electrons. The SMILES string of the molecule is CC(=O)N[C@@H]1[C@@H](O[C@@H]2O[C@@H](C(=O)O)[C@@H](O[C@H]3O[C@H](CO)[C@@H](O[C@H]4O[C@H](CO)[C@H](O)[C@H](O)[C@H]4NC(C)=O)[C@H](O)[C@H]3O)[C@H](O)[C@H]2O)[C@@H](O)[C@@H](CO)O[C@H]1O. The van der Waals surface area contributed by atoms with Crippen molar-refractivity contribution in [2.45, 2.75) is 137 Å². The van der Waals surface area contributed by atoms with Gasteiger partial charge in [0.15, 0.2) is 31.3 Å². The van der Waals surface area contributed by atoms with Crippen molar-refractivity contribution < 1.29 is 109 Å². The first-order valence-electron chi connectivity index (χ1n) is 16.1. The highest BCUT2D eigenvalue weighted by atomic mass is 16.8. The minimum absolute atomic E-state index is 0.706. The Bertz CT molecular complexity index is 1220. The molecule has 0 aromatic rings. The number of hydrogen-bond acceptors (Lipinski definition) is 21. The van der Waals surface area contributed by atoms with Gasteiger partial charge in [0, 0.05) is 13.8 Å². The van der Waals surface area contributed by atoms with Crippen molar-refractivity contribution in [2.75, 3.05) is 19.8 Å². The van der Waals surface area contributed by atoms with Gasteiger partial charge in [-0.15, -0.1) is 0 Å². The Labute approximate surface area is 293 Å². The van der Waals surface area contributed by atoms with Crippen LogP contribution < -0.4 is 10.6 Å². The van der Waals surface area contributed by atoms with Crippen LogP contribution in [0, 0.1) is 0 Å². The van der Waals surface area contributed by atoms with Crippen LogP contribution in [0.4, 0.5) is 0 Å². The Morgan fingerprint density at radius 2 is 0.981 bits per heavy atom. The molecule has 0 saturated carbocycles. The van der Waals surface area contributed by atoms with Gasteiger partial charge in [0.2, 0.25) is 11.8 Å². The lowest BCUT2D eigenvalue weighted by Crippen LogP contribution is -2.69. The summed E-state index contributed by atoms with van der Waals surface area (Å²) in [7, 11) is 0. The Hall–Kier alpha value is -2.31. The van der Waals surface area contributed by atoms with Crippen molar-refractivity contribution in [1.29, 1.82) is 0 Å². The molecule has 4 heterocycles. The van der Waals surface area contributed by atoms with Gasteiger partial charge in [-0.05, 0) is 0 Å². The molecule has 4 saturated heterocycles. The maximum atomic E-state index is 12.3. The molecule has 4 aliphatic rings. The molecule has 4 rings (SSSR count). The molecule has 0 aromatic carbocycles. The van der Waals surface area contributed by atoms with E-state index in [4.69, 9.17) is 33.2 Å². The average Bonchev–Trinajstić information content (AvgIpc) is 3.09. The molecule has 20 atom stereocenters. The summed E-state index contributed by atoms with van der Waals surface area (Å²) in [5.41, 5.74) is 0. The molecular formula is C28H46N2O22. The van der Waals surface area contributed by atoms with Crippen LogP contribution in [-0.2, 0) is 47.5 Å². The van der Waals surface area contributed by atoms with Crippen LogP contribution >= 0.6 is 0 Å². The van der Waals surface area contributed by atoms with Crippen LogP contribution in [-0.4, -0.2) is 222 Å². The van der Waals surface area contributed by atoms with E-state index >= 15 is 0 Å². The average molecular weight is 763 g/mol. The molecule has 4 aliphatic heterocycles. The first-order valence-corrected chi connectivity index (χ1v) is 16.1. The molecule has 24 nitrogen and oxygen atoms in total. The van der Waals surface area contributed by atoms with Gasteiger partial charge in [-0.3, -0.25) is 9.59 Å². The zero-order valence-corrected chi connectivity index (χ0v) is 27.6. The first kappa shape index (κ1) is 42.4. The van der Waals surface area contributed by atoms with E-state index < -0.39 is 160 Å². The van der Waals surface area contributed by atoms with Crippen LogP contribution in [0.5, 0.6) is 0 Å². The Balaban J connectivity index is 1.51. The third-order valence-electron chi connectivity index (χ3n) is 8.98. The smallest absolute Gasteiger partial charge is 0.335 e. The van der Waals surface area contributed by atoms with E-state index in [1.54, 1.807) is 0 Å². The molecule has 0 aromatic heterocycles. The van der Waals surface area contributed by atoms with Gasteiger partial charge < -0.3 is 105 Å². The number of aliphatic carboxylic acids is 1. The van der Waals surface area contributed by atoms with Gasteiger partial charge in [-0.1, -0.05) is 0 Å². The Kier molecular flexibility index (Phi) is 14.6. The summed E-state index contributed by atoms with van der Waals surface area (Å²) in [6.45, 7) is -0.517. The molecular weight excluding hydrogens is 716 g/mol. The van der Waals surface area contributed by atoms with E-state index in [-0.39, 0.29) is 0 Å². The molecule has 0 aliphatic carbocycles. The minimum atomic E-state index is -2.25. The molecule has 14 N–H and O–H groups in total. The number of aliphatic hydroxyl groups is 11.